The summed E-state index contributed by atoms with van der Waals surface area (Å²) >= 11 is 0. The molecule has 1 amide bonds. The second kappa shape index (κ2) is 6.00. The zero-order valence-corrected chi connectivity index (χ0v) is 11.3. The van der Waals surface area contributed by atoms with Gasteiger partial charge in [-0.05, 0) is 23.8 Å². The van der Waals surface area contributed by atoms with Crippen molar-refractivity contribution in [2.75, 3.05) is 5.32 Å². The summed E-state index contributed by atoms with van der Waals surface area (Å²) in [6, 6.07) is 15.1. The molecule has 1 N–H and O–H groups in total. The molecule has 0 radical (unpaired) electrons. The molecule has 0 atom stereocenters. The quantitative estimate of drug-likeness (QED) is 0.798. The Morgan fingerprint density at radius 2 is 1.76 bits per heavy atom. The first-order valence-electron chi connectivity index (χ1n) is 6.60. The lowest BCUT2D eigenvalue weighted by atomic mass is 10.2. The average molecular weight is 278 g/mol. The van der Waals surface area contributed by atoms with E-state index in [2.05, 4.69) is 15.4 Å². The number of benzene rings is 1. The maximum Gasteiger partial charge on any atom is 0.273 e. The molecule has 21 heavy (non-hydrogen) atoms. The molecule has 0 aliphatic rings. The third-order valence-electron chi connectivity index (χ3n) is 3.06. The van der Waals surface area contributed by atoms with E-state index in [0.717, 1.165) is 5.56 Å². The Hall–Kier alpha value is -2.95. The molecule has 0 spiro atoms. The van der Waals surface area contributed by atoms with Crippen LogP contribution in [0.25, 0.3) is 0 Å². The van der Waals surface area contributed by atoms with E-state index in [1.54, 1.807) is 41.5 Å². The van der Waals surface area contributed by atoms with Crippen molar-refractivity contribution in [2.24, 2.45) is 0 Å². The van der Waals surface area contributed by atoms with Gasteiger partial charge in [-0.2, -0.15) is 5.10 Å². The summed E-state index contributed by atoms with van der Waals surface area (Å²) in [6.45, 7) is 0.562. The van der Waals surface area contributed by atoms with Crippen LogP contribution in [0, 0.1) is 0 Å². The second-order valence-corrected chi connectivity index (χ2v) is 4.55. The Labute approximate surface area is 122 Å². The molecule has 0 saturated carbocycles. The molecule has 5 heteroatoms. The van der Waals surface area contributed by atoms with Crippen molar-refractivity contribution in [3.8, 4) is 0 Å². The van der Waals surface area contributed by atoms with Gasteiger partial charge in [-0.3, -0.25) is 14.5 Å². The molecule has 3 rings (SSSR count). The number of rotatable bonds is 4. The van der Waals surface area contributed by atoms with Crippen LogP contribution >= 0.6 is 0 Å². The zero-order valence-electron chi connectivity index (χ0n) is 11.3. The normalized spacial score (nSPS) is 10.3. The van der Waals surface area contributed by atoms with Gasteiger partial charge in [0.2, 0.25) is 0 Å². The first kappa shape index (κ1) is 13.1. The first-order valence-corrected chi connectivity index (χ1v) is 6.60. The number of nitrogens with zero attached hydrogens (tertiary/aromatic N) is 3. The Morgan fingerprint density at radius 3 is 2.52 bits per heavy atom. The summed E-state index contributed by atoms with van der Waals surface area (Å²) in [5, 5.41) is 7.05. The highest BCUT2D eigenvalue weighted by atomic mass is 16.2. The van der Waals surface area contributed by atoms with Crippen LogP contribution in [0.4, 0.5) is 5.69 Å². The van der Waals surface area contributed by atoms with E-state index < -0.39 is 0 Å². The molecule has 5 nitrogen and oxygen atoms in total. The third-order valence-corrected chi connectivity index (χ3v) is 3.06. The Kier molecular flexibility index (Phi) is 3.73. The number of aromatic nitrogens is 3. The molecule has 0 saturated heterocycles. The minimum absolute atomic E-state index is 0.186. The third kappa shape index (κ3) is 3.14. The van der Waals surface area contributed by atoms with Crippen LogP contribution in [0.3, 0.4) is 0 Å². The van der Waals surface area contributed by atoms with Crippen molar-refractivity contribution in [3.05, 3.63) is 78.4 Å². The monoisotopic (exact) mass is 278 g/mol. The molecule has 2 aromatic heterocycles. The molecule has 0 fully saturated rings. The lowest BCUT2D eigenvalue weighted by molar-refractivity contribution is 0.101. The molecule has 0 aliphatic carbocycles. The largest absolute Gasteiger partial charge is 0.321 e. The van der Waals surface area contributed by atoms with Gasteiger partial charge < -0.3 is 5.32 Å². The van der Waals surface area contributed by atoms with E-state index in [1.165, 1.54) is 0 Å². The highest BCUT2D eigenvalue weighted by Gasteiger charge is 2.12. The van der Waals surface area contributed by atoms with Gasteiger partial charge in [-0.1, -0.05) is 30.3 Å². The highest BCUT2D eigenvalue weighted by molar-refractivity contribution is 6.02. The second-order valence-electron chi connectivity index (χ2n) is 4.55. The van der Waals surface area contributed by atoms with Gasteiger partial charge in [0.1, 0.15) is 5.69 Å². The van der Waals surface area contributed by atoms with Gasteiger partial charge in [0, 0.05) is 24.3 Å². The van der Waals surface area contributed by atoms with E-state index in [9.17, 15) is 4.79 Å². The molecular formula is C16H14N4O. The minimum atomic E-state index is -0.186. The fraction of sp³-hybridized carbons (Fsp3) is 0.0625. The number of carbonyl (C=O) groups is 1. The number of anilines is 1. The standard InChI is InChI=1S/C16H14N4O/c21-16(19-14-6-9-17-10-7-14)15-8-11-18-20(15)12-13-4-2-1-3-5-13/h1-11H,12H2,(H,17,19,21). The lowest BCUT2D eigenvalue weighted by Gasteiger charge is -2.08. The molecule has 0 aliphatic heterocycles. The van der Waals surface area contributed by atoms with Gasteiger partial charge >= 0.3 is 0 Å². The fourth-order valence-electron chi connectivity index (χ4n) is 2.04. The summed E-state index contributed by atoms with van der Waals surface area (Å²) in [4.78, 5) is 16.2. The smallest absolute Gasteiger partial charge is 0.273 e. The molecule has 2 heterocycles. The predicted molar refractivity (Wildman–Crippen MR) is 80.0 cm³/mol. The Morgan fingerprint density at radius 1 is 1.00 bits per heavy atom. The van der Waals surface area contributed by atoms with Crippen LogP contribution in [-0.4, -0.2) is 20.7 Å². The van der Waals surface area contributed by atoms with Crippen molar-refractivity contribution >= 4 is 11.6 Å². The van der Waals surface area contributed by atoms with Crippen LogP contribution in [0.15, 0.2) is 67.1 Å². The fourth-order valence-corrected chi connectivity index (χ4v) is 2.04. The van der Waals surface area contributed by atoms with Gasteiger partial charge in [0.15, 0.2) is 0 Å². The van der Waals surface area contributed by atoms with Crippen molar-refractivity contribution in [2.45, 2.75) is 6.54 Å². The van der Waals surface area contributed by atoms with E-state index >= 15 is 0 Å². The van der Waals surface area contributed by atoms with Gasteiger partial charge in [-0.25, -0.2) is 0 Å². The van der Waals surface area contributed by atoms with Crippen molar-refractivity contribution in [3.63, 3.8) is 0 Å². The maximum atomic E-state index is 12.3. The Balaban J connectivity index is 1.77. The van der Waals surface area contributed by atoms with Crippen LogP contribution in [0.2, 0.25) is 0 Å². The number of nitrogens with one attached hydrogen (secondary N) is 1. The lowest BCUT2D eigenvalue weighted by Crippen LogP contribution is -2.18. The van der Waals surface area contributed by atoms with Crippen molar-refractivity contribution < 1.29 is 4.79 Å². The van der Waals surface area contributed by atoms with Crippen LogP contribution in [0.5, 0.6) is 0 Å². The number of carbonyl (C=O) groups excluding carboxylic acids is 1. The summed E-state index contributed by atoms with van der Waals surface area (Å²) in [5.41, 5.74) is 2.33. The Bertz CT molecular complexity index is 722. The van der Waals surface area contributed by atoms with Gasteiger partial charge in [0.05, 0.1) is 6.54 Å². The average Bonchev–Trinajstić information content (AvgIpc) is 2.97. The van der Waals surface area contributed by atoms with E-state index in [1.807, 2.05) is 30.3 Å². The highest BCUT2D eigenvalue weighted by Crippen LogP contribution is 2.09. The SMILES string of the molecule is O=C(Nc1ccncc1)c1ccnn1Cc1ccccc1. The van der Waals surface area contributed by atoms with Crippen molar-refractivity contribution in [1.82, 2.24) is 14.8 Å². The zero-order chi connectivity index (χ0) is 14.5. The van der Waals surface area contributed by atoms with Crippen LogP contribution < -0.4 is 5.32 Å². The number of pyridine rings is 1. The van der Waals surface area contributed by atoms with Crippen LogP contribution in [0.1, 0.15) is 16.1 Å². The van der Waals surface area contributed by atoms with Crippen LogP contribution in [-0.2, 0) is 6.54 Å². The van der Waals surface area contributed by atoms with Crippen molar-refractivity contribution in [1.29, 1.82) is 0 Å². The minimum Gasteiger partial charge on any atom is -0.321 e. The summed E-state index contributed by atoms with van der Waals surface area (Å²) in [7, 11) is 0. The van der Waals surface area contributed by atoms with Gasteiger partial charge in [0.25, 0.3) is 5.91 Å². The van der Waals surface area contributed by atoms with E-state index in [-0.39, 0.29) is 5.91 Å². The summed E-state index contributed by atoms with van der Waals surface area (Å²) in [5.74, 6) is -0.186. The molecule has 0 unspecified atom stereocenters. The number of amides is 1. The number of hydrogen-bond donors (Lipinski definition) is 1. The van der Waals surface area contributed by atoms with E-state index in [4.69, 9.17) is 0 Å². The molecule has 1 aromatic carbocycles. The topological polar surface area (TPSA) is 59.8 Å². The first-order chi connectivity index (χ1) is 10.3. The molecule has 3 aromatic rings. The molecular weight excluding hydrogens is 264 g/mol. The van der Waals surface area contributed by atoms with E-state index in [0.29, 0.717) is 17.9 Å². The molecule has 104 valence electrons. The molecule has 0 bridgehead atoms. The number of hydrogen-bond acceptors (Lipinski definition) is 3. The van der Waals surface area contributed by atoms with Gasteiger partial charge in [-0.15, -0.1) is 0 Å². The summed E-state index contributed by atoms with van der Waals surface area (Å²) < 4.78 is 1.69. The maximum absolute atomic E-state index is 12.3. The predicted octanol–water partition coefficient (Wildman–Crippen LogP) is 2.58. The summed E-state index contributed by atoms with van der Waals surface area (Å²) in [6.07, 6.45) is 4.90.